The zero-order chi connectivity index (χ0) is 19.9. The number of nitrogens with one attached hydrogen (secondary N) is 2. The van der Waals surface area contributed by atoms with Crippen LogP contribution in [0.2, 0.25) is 0 Å². The first kappa shape index (κ1) is 19.7. The lowest BCUT2D eigenvalue weighted by atomic mass is 9.99. The normalized spacial score (nSPS) is 13.0. The Kier molecular flexibility index (Phi) is 6.48. The molecule has 0 aliphatic rings. The highest BCUT2D eigenvalue weighted by molar-refractivity contribution is 5.74. The Morgan fingerprint density at radius 2 is 1.61 bits per heavy atom. The van der Waals surface area contributed by atoms with Gasteiger partial charge in [-0.05, 0) is 44.7 Å². The molecular weight excluding hydrogens is 350 g/mol. The molecule has 5 nitrogen and oxygen atoms in total. The maximum atomic E-state index is 12.7. The number of nitrogens with zero attached hydrogens (tertiary/aromatic N) is 1. The van der Waals surface area contributed by atoms with Crippen molar-refractivity contribution in [1.82, 2.24) is 15.8 Å². The number of rotatable bonds is 7. The van der Waals surface area contributed by atoms with E-state index in [0.29, 0.717) is 6.42 Å². The van der Waals surface area contributed by atoms with Crippen LogP contribution in [0.1, 0.15) is 41.1 Å². The van der Waals surface area contributed by atoms with Gasteiger partial charge in [0.15, 0.2) is 0 Å². The topological polar surface area (TPSA) is 67.2 Å². The molecule has 28 heavy (non-hydrogen) atoms. The predicted octanol–water partition coefficient (Wildman–Crippen LogP) is 4.51. The summed E-state index contributed by atoms with van der Waals surface area (Å²) in [6, 6.07) is 19.9. The van der Waals surface area contributed by atoms with E-state index in [-0.39, 0.29) is 18.1 Å². The van der Waals surface area contributed by atoms with E-state index in [1.165, 1.54) is 5.56 Å². The summed E-state index contributed by atoms with van der Waals surface area (Å²) in [7, 11) is 0. The minimum Gasteiger partial charge on any atom is -0.361 e. The van der Waals surface area contributed by atoms with E-state index in [4.69, 9.17) is 4.52 Å². The highest BCUT2D eigenvalue weighted by Crippen LogP contribution is 2.19. The van der Waals surface area contributed by atoms with Crippen LogP contribution in [-0.4, -0.2) is 17.2 Å². The largest absolute Gasteiger partial charge is 0.361 e. The molecule has 0 aliphatic heterocycles. The number of carbonyl (C=O) groups excluding carboxylic acids is 1. The highest BCUT2D eigenvalue weighted by Gasteiger charge is 2.18. The molecule has 0 radical (unpaired) electrons. The van der Waals surface area contributed by atoms with Gasteiger partial charge in [0.05, 0.1) is 11.7 Å². The molecule has 1 heterocycles. The van der Waals surface area contributed by atoms with E-state index in [9.17, 15) is 4.79 Å². The molecule has 146 valence electrons. The van der Waals surface area contributed by atoms with Gasteiger partial charge in [-0.1, -0.05) is 65.8 Å². The van der Waals surface area contributed by atoms with Gasteiger partial charge in [-0.3, -0.25) is 0 Å². The van der Waals surface area contributed by atoms with Gasteiger partial charge in [0.2, 0.25) is 0 Å². The van der Waals surface area contributed by atoms with Crippen molar-refractivity contribution in [3.05, 3.63) is 88.8 Å². The van der Waals surface area contributed by atoms with Crippen LogP contribution in [0.15, 0.2) is 65.2 Å². The molecule has 2 unspecified atom stereocenters. The maximum Gasteiger partial charge on any atom is 0.315 e. The smallest absolute Gasteiger partial charge is 0.315 e. The van der Waals surface area contributed by atoms with E-state index in [2.05, 4.69) is 27.9 Å². The van der Waals surface area contributed by atoms with Gasteiger partial charge in [-0.25, -0.2) is 4.79 Å². The molecule has 0 bridgehead atoms. The molecule has 5 heteroatoms. The number of urea groups is 1. The van der Waals surface area contributed by atoms with Crippen LogP contribution in [0, 0.1) is 13.8 Å². The molecular formula is C23H27N3O2. The third-order valence-electron chi connectivity index (χ3n) is 4.86. The van der Waals surface area contributed by atoms with Crippen molar-refractivity contribution in [3.63, 3.8) is 0 Å². The minimum absolute atomic E-state index is 0.0371. The van der Waals surface area contributed by atoms with Crippen molar-refractivity contribution < 1.29 is 9.32 Å². The Hall–Kier alpha value is -3.08. The lowest BCUT2D eigenvalue weighted by Crippen LogP contribution is -2.43. The van der Waals surface area contributed by atoms with Crippen LogP contribution >= 0.6 is 0 Å². The van der Waals surface area contributed by atoms with Gasteiger partial charge in [0.25, 0.3) is 0 Å². The fraction of sp³-hybridized carbons (Fsp3) is 0.304. The monoisotopic (exact) mass is 377 g/mol. The van der Waals surface area contributed by atoms with Crippen molar-refractivity contribution in [2.75, 3.05) is 0 Å². The van der Waals surface area contributed by atoms with Crippen LogP contribution in [-0.2, 0) is 12.8 Å². The summed E-state index contributed by atoms with van der Waals surface area (Å²) in [5.41, 5.74) is 4.19. The summed E-state index contributed by atoms with van der Waals surface area (Å²) in [4.78, 5) is 12.7. The first-order valence-corrected chi connectivity index (χ1v) is 9.60. The van der Waals surface area contributed by atoms with Crippen LogP contribution < -0.4 is 10.6 Å². The Balaban J connectivity index is 1.65. The van der Waals surface area contributed by atoms with E-state index < -0.39 is 0 Å². The summed E-state index contributed by atoms with van der Waals surface area (Å²) in [5.74, 6) is 0.804. The van der Waals surface area contributed by atoms with Crippen LogP contribution in [0.3, 0.4) is 0 Å². The lowest BCUT2D eigenvalue weighted by Gasteiger charge is -2.22. The zero-order valence-corrected chi connectivity index (χ0v) is 16.6. The van der Waals surface area contributed by atoms with E-state index in [1.54, 1.807) is 0 Å². The average molecular weight is 377 g/mol. The number of aryl methyl sites for hydroxylation is 2. The van der Waals surface area contributed by atoms with Gasteiger partial charge >= 0.3 is 6.03 Å². The molecule has 2 atom stereocenters. The third kappa shape index (κ3) is 5.22. The van der Waals surface area contributed by atoms with Gasteiger partial charge in [0.1, 0.15) is 5.76 Å². The molecule has 1 aromatic heterocycles. The third-order valence-corrected chi connectivity index (χ3v) is 4.86. The Morgan fingerprint density at radius 3 is 2.21 bits per heavy atom. The molecule has 2 N–H and O–H groups in total. The summed E-state index contributed by atoms with van der Waals surface area (Å²) in [6.45, 7) is 5.80. The fourth-order valence-electron chi connectivity index (χ4n) is 3.36. The number of benzene rings is 2. The van der Waals surface area contributed by atoms with Crippen molar-refractivity contribution in [2.24, 2.45) is 0 Å². The highest BCUT2D eigenvalue weighted by atomic mass is 16.5. The van der Waals surface area contributed by atoms with Gasteiger partial charge in [-0.2, -0.15) is 0 Å². The number of hydrogen-bond donors (Lipinski definition) is 2. The summed E-state index contributed by atoms with van der Waals surface area (Å²) in [5, 5.41) is 10.2. The second-order valence-electron chi connectivity index (χ2n) is 7.18. The van der Waals surface area contributed by atoms with Crippen molar-refractivity contribution in [2.45, 2.75) is 45.7 Å². The molecule has 0 fully saturated rings. The maximum absolute atomic E-state index is 12.7. The summed E-state index contributed by atoms with van der Waals surface area (Å²) < 4.78 is 5.21. The SMILES string of the molecule is Cc1noc(C)c1CC(C)NC(=O)NC(Cc1ccccc1)c1ccccc1. The average Bonchev–Trinajstić information content (AvgIpc) is 3.01. The lowest BCUT2D eigenvalue weighted by molar-refractivity contribution is 0.233. The molecule has 0 saturated carbocycles. The van der Waals surface area contributed by atoms with Crippen LogP contribution in [0.25, 0.3) is 0 Å². The number of hydrogen-bond acceptors (Lipinski definition) is 3. The zero-order valence-electron chi connectivity index (χ0n) is 16.6. The molecule has 0 aliphatic carbocycles. The molecule has 0 saturated heterocycles. The molecule has 2 amide bonds. The Labute approximate surface area is 166 Å². The van der Waals surface area contributed by atoms with E-state index >= 15 is 0 Å². The van der Waals surface area contributed by atoms with Crippen LogP contribution in [0.4, 0.5) is 4.79 Å². The molecule has 3 aromatic rings. The van der Waals surface area contributed by atoms with Crippen LogP contribution in [0.5, 0.6) is 0 Å². The quantitative estimate of drug-likeness (QED) is 0.637. The van der Waals surface area contributed by atoms with Crippen molar-refractivity contribution in [1.29, 1.82) is 0 Å². The minimum atomic E-state index is -0.177. The van der Waals surface area contributed by atoms with Crippen molar-refractivity contribution in [3.8, 4) is 0 Å². The van der Waals surface area contributed by atoms with E-state index in [1.807, 2.05) is 69.3 Å². The van der Waals surface area contributed by atoms with Crippen molar-refractivity contribution >= 4 is 6.03 Å². The molecule has 0 spiro atoms. The predicted molar refractivity (Wildman–Crippen MR) is 110 cm³/mol. The second-order valence-corrected chi connectivity index (χ2v) is 7.18. The van der Waals surface area contributed by atoms with Gasteiger partial charge in [0, 0.05) is 11.6 Å². The Bertz CT molecular complexity index is 871. The molecule has 3 rings (SSSR count). The Morgan fingerprint density at radius 1 is 0.964 bits per heavy atom. The fourth-order valence-corrected chi connectivity index (χ4v) is 3.36. The molecule has 2 aromatic carbocycles. The summed E-state index contributed by atoms with van der Waals surface area (Å²) >= 11 is 0. The summed E-state index contributed by atoms with van der Waals surface area (Å²) in [6.07, 6.45) is 1.42. The second kappa shape index (κ2) is 9.22. The number of aromatic nitrogens is 1. The van der Waals surface area contributed by atoms with Gasteiger partial charge in [-0.15, -0.1) is 0 Å². The first-order valence-electron chi connectivity index (χ1n) is 9.60. The first-order chi connectivity index (χ1) is 13.5. The van der Waals surface area contributed by atoms with Gasteiger partial charge < -0.3 is 15.2 Å². The van der Waals surface area contributed by atoms with E-state index in [0.717, 1.165) is 29.0 Å². The number of amides is 2. The number of carbonyl (C=O) groups is 1. The standard InChI is InChI=1S/C23H27N3O2/c1-16(14-21-17(2)26-28-18(21)3)24-23(27)25-22(20-12-8-5-9-13-20)15-19-10-6-4-7-11-19/h4-13,16,22H,14-15H2,1-3H3,(H2,24,25,27).